The number of nitrogens with zero attached hydrogens (tertiary/aromatic N) is 2. The van der Waals surface area contributed by atoms with Gasteiger partial charge in [0.2, 0.25) is 0 Å². The van der Waals surface area contributed by atoms with Gasteiger partial charge in [-0.2, -0.15) is 0 Å². The fraction of sp³-hybridized carbons (Fsp3) is 0.375. The van der Waals surface area contributed by atoms with Gasteiger partial charge in [-0.15, -0.1) is 0 Å². The summed E-state index contributed by atoms with van der Waals surface area (Å²) >= 11 is 0. The molecule has 2 aromatic rings. The van der Waals surface area contributed by atoms with Crippen molar-refractivity contribution >= 4 is 0 Å². The first-order valence-corrected chi connectivity index (χ1v) is 6.86. The van der Waals surface area contributed by atoms with Crippen LogP contribution >= 0.6 is 0 Å². The van der Waals surface area contributed by atoms with Crippen LogP contribution in [-0.4, -0.2) is 9.97 Å². The molecule has 1 aromatic heterocycles. The van der Waals surface area contributed by atoms with Gasteiger partial charge in [0.25, 0.3) is 0 Å². The Hall–Kier alpha value is -1.74. The molecule has 1 aliphatic rings. The SMILES string of the molecule is Cc1ccc(-c2cnc(C3(N)CCCC3)nc2)cc1. The fourth-order valence-electron chi connectivity index (χ4n) is 2.71. The third-order valence-corrected chi connectivity index (χ3v) is 3.98. The molecule has 1 fully saturated rings. The number of hydrogen-bond donors (Lipinski definition) is 1. The molecular weight excluding hydrogens is 234 g/mol. The number of aryl methyl sites for hydroxylation is 1. The van der Waals surface area contributed by atoms with Crippen LogP contribution in [0.3, 0.4) is 0 Å². The van der Waals surface area contributed by atoms with E-state index in [-0.39, 0.29) is 5.54 Å². The van der Waals surface area contributed by atoms with Gasteiger partial charge in [0.1, 0.15) is 5.82 Å². The lowest BCUT2D eigenvalue weighted by atomic mass is 9.98. The van der Waals surface area contributed by atoms with Gasteiger partial charge in [0, 0.05) is 18.0 Å². The van der Waals surface area contributed by atoms with Gasteiger partial charge in [-0.25, -0.2) is 9.97 Å². The van der Waals surface area contributed by atoms with Crippen molar-refractivity contribution in [2.45, 2.75) is 38.1 Å². The molecule has 19 heavy (non-hydrogen) atoms. The van der Waals surface area contributed by atoms with Gasteiger partial charge in [-0.05, 0) is 25.3 Å². The first kappa shape index (κ1) is 12.3. The van der Waals surface area contributed by atoms with E-state index in [9.17, 15) is 0 Å². The van der Waals surface area contributed by atoms with Crippen molar-refractivity contribution < 1.29 is 0 Å². The molecule has 0 unspecified atom stereocenters. The molecule has 1 aliphatic carbocycles. The maximum atomic E-state index is 6.36. The molecule has 98 valence electrons. The number of benzene rings is 1. The van der Waals surface area contributed by atoms with E-state index in [0.717, 1.165) is 29.8 Å². The molecule has 3 nitrogen and oxygen atoms in total. The molecule has 0 aliphatic heterocycles. The summed E-state index contributed by atoms with van der Waals surface area (Å²) in [6, 6.07) is 8.40. The van der Waals surface area contributed by atoms with E-state index in [4.69, 9.17) is 5.73 Å². The highest BCUT2D eigenvalue weighted by atomic mass is 15.0. The molecule has 3 heteroatoms. The van der Waals surface area contributed by atoms with Crippen molar-refractivity contribution in [3.63, 3.8) is 0 Å². The molecule has 1 saturated carbocycles. The van der Waals surface area contributed by atoms with Crippen LogP contribution in [0, 0.1) is 6.92 Å². The monoisotopic (exact) mass is 253 g/mol. The van der Waals surface area contributed by atoms with E-state index in [0.29, 0.717) is 0 Å². The van der Waals surface area contributed by atoms with E-state index in [1.165, 1.54) is 18.4 Å². The predicted molar refractivity (Wildman–Crippen MR) is 76.5 cm³/mol. The highest BCUT2D eigenvalue weighted by molar-refractivity contribution is 5.61. The first-order chi connectivity index (χ1) is 9.17. The number of aromatic nitrogens is 2. The Kier molecular flexibility index (Phi) is 3.07. The normalized spacial score (nSPS) is 17.6. The van der Waals surface area contributed by atoms with Gasteiger partial charge in [-0.3, -0.25) is 0 Å². The van der Waals surface area contributed by atoms with Crippen molar-refractivity contribution in [1.82, 2.24) is 9.97 Å². The molecule has 2 N–H and O–H groups in total. The fourth-order valence-corrected chi connectivity index (χ4v) is 2.71. The summed E-state index contributed by atoms with van der Waals surface area (Å²) in [7, 11) is 0. The molecular formula is C16H19N3. The second kappa shape index (κ2) is 4.74. The quantitative estimate of drug-likeness (QED) is 0.894. The van der Waals surface area contributed by atoms with Crippen molar-refractivity contribution in [2.75, 3.05) is 0 Å². The largest absolute Gasteiger partial charge is 0.319 e. The third kappa shape index (κ3) is 2.38. The Balaban J connectivity index is 1.88. The summed E-state index contributed by atoms with van der Waals surface area (Å²) < 4.78 is 0. The molecule has 1 aromatic carbocycles. The minimum absolute atomic E-state index is 0.300. The average Bonchev–Trinajstić information content (AvgIpc) is 2.88. The predicted octanol–water partition coefficient (Wildman–Crippen LogP) is 3.18. The summed E-state index contributed by atoms with van der Waals surface area (Å²) in [5.41, 5.74) is 9.52. The second-order valence-electron chi connectivity index (χ2n) is 5.52. The topological polar surface area (TPSA) is 51.8 Å². The standard InChI is InChI=1S/C16H19N3/c1-12-4-6-13(7-5-12)14-10-18-15(19-11-14)16(17)8-2-3-9-16/h4-7,10-11H,2-3,8-9,17H2,1H3. The Labute approximate surface area is 113 Å². The van der Waals surface area contributed by atoms with Crippen molar-refractivity contribution in [3.8, 4) is 11.1 Å². The van der Waals surface area contributed by atoms with Crippen molar-refractivity contribution in [3.05, 3.63) is 48.0 Å². The summed E-state index contributed by atoms with van der Waals surface area (Å²) in [5, 5.41) is 0. The zero-order valence-corrected chi connectivity index (χ0v) is 11.3. The van der Waals surface area contributed by atoms with E-state index in [1.807, 2.05) is 12.4 Å². The molecule has 0 amide bonds. The maximum absolute atomic E-state index is 6.36. The number of nitrogens with two attached hydrogens (primary N) is 1. The molecule has 1 heterocycles. The lowest BCUT2D eigenvalue weighted by molar-refractivity contribution is 0.431. The van der Waals surface area contributed by atoms with Crippen LogP contribution in [0.2, 0.25) is 0 Å². The van der Waals surface area contributed by atoms with Crippen LogP contribution < -0.4 is 5.73 Å². The number of hydrogen-bond acceptors (Lipinski definition) is 3. The van der Waals surface area contributed by atoms with E-state index < -0.39 is 0 Å². The molecule has 0 bridgehead atoms. The number of rotatable bonds is 2. The van der Waals surface area contributed by atoms with Crippen LogP contribution in [0.15, 0.2) is 36.7 Å². The van der Waals surface area contributed by atoms with Crippen LogP contribution in [0.25, 0.3) is 11.1 Å². The van der Waals surface area contributed by atoms with Crippen LogP contribution in [0.5, 0.6) is 0 Å². The van der Waals surface area contributed by atoms with Gasteiger partial charge in [-0.1, -0.05) is 42.7 Å². The van der Waals surface area contributed by atoms with Gasteiger partial charge >= 0.3 is 0 Å². The van der Waals surface area contributed by atoms with Gasteiger partial charge in [0.15, 0.2) is 0 Å². The summed E-state index contributed by atoms with van der Waals surface area (Å²) in [6.45, 7) is 2.08. The zero-order chi connectivity index (χ0) is 13.3. The smallest absolute Gasteiger partial charge is 0.148 e. The molecule has 0 radical (unpaired) electrons. The van der Waals surface area contributed by atoms with Crippen LogP contribution in [-0.2, 0) is 5.54 Å². The maximum Gasteiger partial charge on any atom is 0.148 e. The lowest BCUT2D eigenvalue weighted by Crippen LogP contribution is -2.35. The highest BCUT2D eigenvalue weighted by Crippen LogP contribution is 2.34. The van der Waals surface area contributed by atoms with Crippen LogP contribution in [0.1, 0.15) is 37.1 Å². The second-order valence-corrected chi connectivity index (χ2v) is 5.52. The summed E-state index contributed by atoms with van der Waals surface area (Å²) in [6.07, 6.45) is 8.13. The Morgan fingerprint density at radius 1 is 0.947 bits per heavy atom. The lowest BCUT2D eigenvalue weighted by Gasteiger charge is -2.21. The van der Waals surface area contributed by atoms with Gasteiger partial charge < -0.3 is 5.73 Å². The molecule has 3 rings (SSSR count). The zero-order valence-electron chi connectivity index (χ0n) is 11.3. The van der Waals surface area contributed by atoms with Gasteiger partial charge in [0.05, 0.1) is 5.54 Å². The average molecular weight is 253 g/mol. The van der Waals surface area contributed by atoms with E-state index in [1.54, 1.807) is 0 Å². The minimum Gasteiger partial charge on any atom is -0.319 e. The molecule has 0 saturated heterocycles. The van der Waals surface area contributed by atoms with Crippen LogP contribution in [0.4, 0.5) is 0 Å². The van der Waals surface area contributed by atoms with E-state index in [2.05, 4.69) is 41.2 Å². The Morgan fingerprint density at radius 3 is 2.11 bits per heavy atom. The Morgan fingerprint density at radius 2 is 1.53 bits per heavy atom. The molecule has 0 atom stereocenters. The molecule has 0 spiro atoms. The highest BCUT2D eigenvalue weighted by Gasteiger charge is 2.33. The summed E-state index contributed by atoms with van der Waals surface area (Å²) in [4.78, 5) is 8.99. The Bertz CT molecular complexity index is 552. The van der Waals surface area contributed by atoms with Crippen molar-refractivity contribution in [2.24, 2.45) is 5.73 Å². The first-order valence-electron chi connectivity index (χ1n) is 6.86. The van der Waals surface area contributed by atoms with E-state index >= 15 is 0 Å². The third-order valence-electron chi connectivity index (χ3n) is 3.98. The minimum atomic E-state index is -0.300. The summed E-state index contributed by atoms with van der Waals surface area (Å²) in [5.74, 6) is 0.792. The van der Waals surface area contributed by atoms with Crippen molar-refractivity contribution in [1.29, 1.82) is 0 Å².